The molecule has 0 unspecified atom stereocenters. The van der Waals surface area contributed by atoms with Gasteiger partial charge < -0.3 is 10.6 Å². The highest BCUT2D eigenvalue weighted by atomic mass is 35.5. The van der Waals surface area contributed by atoms with Gasteiger partial charge in [0.2, 0.25) is 0 Å². The maximum absolute atomic E-state index is 13.4. The number of halogens is 2. The lowest BCUT2D eigenvalue weighted by molar-refractivity contribution is 0.0753. The normalized spacial score (nSPS) is 10.6. The van der Waals surface area contributed by atoms with Gasteiger partial charge in [-0.1, -0.05) is 11.6 Å². The second-order valence-electron chi connectivity index (χ2n) is 4.26. The minimum Gasteiger partial charge on any atom is -0.396 e. The fraction of sp³-hybridized carbons (Fsp3) is 0.214. The number of nitrogens with two attached hydrogens (primary N) is 1. The molecule has 1 aromatic heterocycles. The maximum Gasteiger partial charge on any atom is 0.254 e. The number of thiophene rings is 1. The molecule has 0 bridgehead atoms. The van der Waals surface area contributed by atoms with Crippen molar-refractivity contribution in [3.05, 3.63) is 50.9 Å². The van der Waals surface area contributed by atoms with Crippen molar-refractivity contribution in [3.8, 4) is 0 Å². The van der Waals surface area contributed by atoms with Crippen molar-refractivity contribution in [1.82, 2.24) is 4.90 Å². The van der Waals surface area contributed by atoms with E-state index in [9.17, 15) is 9.18 Å². The molecule has 0 spiro atoms. The highest BCUT2D eigenvalue weighted by Crippen LogP contribution is 2.23. The molecule has 2 N–H and O–H groups in total. The van der Waals surface area contributed by atoms with Gasteiger partial charge in [-0.3, -0.25) is 4.79 Å². The van der Waals surface area contributed by atoms with Gasteiger partial charge in [-0.2, -0.15) is 0 Å². The summed E-state index contributed by atoms with van der Waals surface area (Å²) < 4.78 is 14.1. The molecule has 0 fully saturated rings. The largest absolute Gasteiger partial charge is 0.396 e. The van der Waals surface area contributed by atoms with Crippen molar-refractivity contribution in [2.75, 3.05) is 12.3 Å². The van der Waals surface area contributed by atoms with E-state index in [0.717, 1.165) is 4.88 Å². The Morgan fingerprint density at radius 3 is 2.70 bits per heavy atom. The van der Waals surface area contributed by atoms with Crippen molar-refractivity contribution < 1.29 is 9.18 Å². The molecule has 20 heavy (non-hydrogen) atoms. The number of hydrogen-bond donors (Lipinski definition) is 1. The van der Waals surface area contributed by atoms with Gasteiger partial charge in [-0.05, 0) is 37.3 Å². The van der Waals surface area contributed by atoms with Crippen molar-refractivity contribution in [2.45, 2.75) is 13.5 Å². The minimum atomic E-state index is -0.578. The van der Waals surface area contributed by atoms with Crippen LogP contribution in [0, 0.1) is 5.82 Å². The first-order valence-electron chi connectivity index (χ1n) is 6.09. The van der Waals surface area contributed by atoms with E-state index >= 15 is 0 Å². The molecule has 1 heterocycles. The van der Waals surface area contributed by atoms with Crippen LogP contribution in [-0.4, -0.2) is 17.4 Å². The predicted molar refractivity (Wildman–Crippen MR) is 80.6 cm³/mol. The number of benzene rings is 1. The van der Waals surface area contributed by atoms with E-state index in [-0.39, 0.29) is 11.6 Å². The Bertz CT molecular complexity index is 629. The molecule has 2 aromatic rings. The number of anilines is 1. The van der Waals surface area contributed by atoms with E-state index in [4.69, 9.17) is 17.3 Å². The molecule has 6 heteroatoms. The molecule has 0 atom stereocenters. The molecule has 3 nitrogen and oxygen atoms in total. The monoisotopic (exact) mass is 312 g/mol. The summed E-state index contributed by atoms with van der Waals surface area (Å²) in [4.78, 5) is 15.0. The average Bonchev–Trinajstić information content (AvgIpc) is 2.84. The fourth-order valence-electron chi connectivity index (χ4n) is 1.79. The Hall–Kier alpha value is -1.59. The third kappa shape index (κ3) is 3.29. The number of rotatable bonds is 4. The molecular formula is C14H14ClFN2OS. The van der Waals surface area contributed by atoms with Gasteiger partial charge in [0, 0.05) is 17.0 Å². The van der Waals surface area contributed by atoms with Crippen LogP contribution < -0.4 is 5.73 Å². The van der Waals surface area contributed by atoms with Crippen LogP contribution in [0.25, 0.3) is 0 Å². The van der Waals surface area contributed by atoms with E-state index in [2.05, 4.69) is 0 Å². The Morgan fingerprint density at radius 2 is 2.15 bits per heavy atom. The first-order chi connectivity index (χ1) is 9.51. The third-order valence-corrected chi connectivity index (χ3v) is 4.11. The summed E-state index contributed by atoms with van der Waals surface area (Å²) in [6.07, 6.45) is 0. The SMILES string of the molecule is CCN(Cc1ccc(Cl)s1)C(=O)c1ccc(N)c(F)c1. The van der Waals surface area contributed by atoms with E-state index < -0.39 is 5.82 Å². The van der Waals surface area contributed by atoms with Crippen molar-refractivity contribution >= 4 is 34.5 Å². The zero-order chi connectivity index (χ0) is 14.7. The summed E-state index contributed by atoms with van der Waals surface area (Å²) in [5.41, 5.74) is 5.74. The van der Waals surface area contributed by atoms with Crippen LogP contribution in [0.1, 0.15) is 22.2 Å². The molecule has 0 aliphatic rings. The lowest BCUT2D eigenvalue weighted by Crippen LogP contribution is -2.30. The Labute approximate surface area is 125 Å². The van der Waals surface area contributed by atoms with Crippen molar-refractivity contribution in [1.29, 1.82) is 0 Å². The van der Waals surface area contributed by atoms with E-state index in [1.54, 1.807) is 11.0 Å². The van der Waals surface area contributed by atoms with Gasteiger partial charge in [0.25, 0.3) is 5.91 Å². The topological polar surface area (TPSA) is 46.3 Å². The second kappa shape index (κ2) is 6.24. The quantitative estimate of drug-likeness (QED) is 0.873. The first kappa shape index (κ1) is 14.8. The number of hydrogen-bond acceptors (Lipinski definition) is 3. The summed E-state index contributed by atoms with van der Waals surface area (Å²) in [5.74, 6) is -0.804. The van der Waals surface area contributed by atoms with Crippen LogP contribution in [0.4, 0.5) is 10.1 Å². The zero-order valence-corrected chi connectivity index (χ0v) is 12.5. The Morgan fingerprint density at radius 1 is 1.40 bits per heavy atom. The molecule has 0 radical (unpaired) electrons. The lowest BCUT2D eigenvalue weighted by Gasteiger charge is -2.20. The van der Waals surface area contributed by atoms with Crippen LogP contribution in [0.5, 0.6) is 0 Å². The van der Waals surface area contributed by atoms with Crippen LogP contribution >= 0.6 is 22.9 Å². The maximum atomic E-state index is 13.4. The summed E-state index contributed by atoms with van der Waals surface area (Å²) in [6, 6.07) is 7.78. The predicted octanol–water partition coefficient (Wildman–Crippen LogP) is 3.79. The Kier molecular flexibility index (Phi) is 4.62. The molecule has 106 valence electrons. The van der Waals surface area contributed by atoms with Crippen LogP contribution in [0.3, 0.4) is 0 Å². The van der Waals surface area contributed by atoms with Crippen molar-refractivity contribution in [2.24, 2.45) is 0 Å². The number of carbonyl (C=O) groups is 1. The number of carbonyl (C=O) groups excluding carboxylic acids is 1. The average molecular weight is 313 g/mol. The van der Waals surface area contributed by atoms with Gasteiger partial charge in [-0.15, -0.1) is 11.3 Å². The van der Waals surface area contributed by atoms with Gasteiger partial charge in [0.15, 0.2) is 0 Å². The molecule has 2 rings (SSSR count). The second-order valence-corrected chi connectivity index (χ2v) is 6.06. The third-order valence-electron chi connectivity index (χ3n) is 2.89. The van der Waals surface area contributed by atoms with Crippen LogP contribution in [-0.2, 0) is 6.54 Å². The molecular weight excluding hydrogens is 299 g/mol. The smallest absolute Gasteiger partial charge is 0.254 e. The Balaban J connectivity index is 2.18. The van der Waals surface area contributed by atoms with Gasteiger partial charge in [-0.25, -0.2) is 4.39 Å². The summed E-state index contributed by atoms with van der Waals surface area (Å²) in [5, 5.41) is 0. The zero-order valence-electron chi connectivity index (χ0n) is 10.9. The minimum absolute atomic E-state index is 0.0367. The number of nitrogen functional groups attached to an aromatic ring is 1. The van der Waals surface area contributed by atoms with Gasteiger partial charge in [0.1, 0.15) is 5.82 Å². The molecule has 0 aliphatic heterocycles. The van der Waals surface area contributed by atoms with Gasteiger partial charge >= 0.3 is 0 Å². The molecule has 1 amide bonds. The first-order valence-corrected chi connectivity index (χ1v) is 7.29. The lowest BCUT2D eigenvalue weighted by atomic mass is 10.1. The van der Waals surface area contributed by atoms with E-state index in [1.165, 1.54) is 29.5 Å². The standard InChI is InChI=1S/C14H14ClFN2OS/c1-2-18(8-10-4-6-13(15)20-10)14(19)9-3-5-12(17)11(16)7-9/h3-7H,2,8,17H2,1H3. The molecule has 1 aromatic carbocycles. The number of amides is 1. The molecule has 0 aliphatic carbocycles. The van der Waals surface area contributed by atoms with E-state index in [1.807, 2.05) is 13.0 Å². The summed E-state index contributed by atoms with van der Waals surface area (Å²) in [6.45, 7) is 2.86. The molecule has 0 saturated heterocycles. The molecule has 0 saturated carbocycles. The number of nitrogens with zero attached hydrogens (tertiary/aromatic N) is 1. The van der Waals surface area contributed by atoms with E-state index in [0.29, 0.717) is 23.0 Å². The van der Waals surface area contributed by atoms with Crippen LogP contribution in [0.2, 0.25) is 4.34 Å². The highest BCUT2D eigenvalue weighted by Gasteiger charge is 2.16. The highest BCUT2D eigenvalue weighted by molar-refractivity contribution is 7.16. The van der Waals surface area contributed by atoms with Crippen molar-refractivity contribution in [3.63, 3.8) is 0 Å². The van der Waals surface area contributed by atoms with Gasteiger partial charge in [0.05, 0.1) is 16.6 Å². The summed E-state index contributed by atoms with van der Waals surface area (Å²) in [7, 11) is 0. The van der Waals surface area contributed by atoms with Crippen LogP contribution in [0.15, 0.2) is 30.3 Å². The summed E-state index contributed by atoms with van der Waals surface area (Å²) >= 11 is 7.30. The fourth-order valence-corrected chi connectivity index (χ4v) is 2.90.